The van der Waals surface area contributed by atoms with Crippen molar-refractivity contribution in [2.75, 3.05) is 19.1 Å². The van der Waals surface area contributed by atoms with Crippen molar-refractivity contribution in [2.24, 2.45) is 11.1 Å². The van der Waals surface area contributed by atoms with Gasteiger partial charge in [-0.2, -0.15) is 0 Å². The third kappa shape index (κ3) is 2.62. The van der Waals surface area contributed by atoms with Gasteiger partial charge in [-0.3, -0.25) is 9.59 Å². The average Bonchev–Trinajstić information content (AvgIpc) is 3.24. The normalized spacial score (nSPS) is 20.7. The molecule has 1 saturated heterocycles. The zero-order valence-electron chi connectivity index (χ0n) is 15.4. The van der Waals surface area contributed by atoms with Gasteiger partial charge in [0.1, 0.15) is 23.1 Å². The quantitative estimate of drug-likeness (QED) is 0.737. The predicted octanol–water partition coefficient (Wildman–Crippen LogP) is 2.96. The molecular weight excluding hydrogens is 384 g/mol. The Bertz CT molecular complexity index is 1020. The fraction of sp³-hybridized carbons (Fsp3) is 0.250. The third-order valence-electron chi connectivity index (χ3n) is 4.97. The van der Waals surface area contributed by atoms with Crippen LogP contribution in [0, 0.1) is 12.8 Å². The molecule has 0 aliphatic carbocycles. The van der Waals surface area contributed by atoms with E-state index in [4.69, 9.17) is 25.9 Å². The number of fused-ring (bicyclic) bond motifs is 1. The number of carbonyl (C=O) groups is 2. The van der Waals surface area contributed by atoms with Crippen molar-refractivity contribution in [3.63, 3.8) is 0 Å². The summed E-state index contributed by atoms with van der Waals surface area (Å²) in [4.78, 5) is 32.6. The number of methoxy groups -OCH3 is 2. The standard InChI is InChI=1S/C20H17ClN2O5/c1-10-13(21)5-4-6-14(10)23-19(24)16-17(22-28-18(16)20(23)25)12-9-11(26-2)7-8-15(12)27-3/h4-9,16,18H,1-3H3. The van der Waals surface area contributed by atoms with Crippen LogP contribution in [-0.4, -0.2) is 37.8 Å². The van der Waals surface area contributed by atoms with Gasteiger partial charge in [-0.05, 0) is 42.8 Å². The lowest BCUT2D eigenvalue weighted by molar-refractivity contribution is -0.126. The summed E-state index contributed by atoms with van der Waals surface area (Å²) in [6.07, 6.45) is -1.02. The van der Waals surface area contributed by atoms with Crippen molar-refractivity contribution in [3.8, 4) is 11.5 Å². The van der Waals surface area contributed by atoms with Crippen LogP contribution in [0.3, 0.4) is 0 Å². The SMILES string of the molecule is COc1ccc(OC)c(C2=NOC3C(=O)N(c4cccc(Cl)c4C)C(=O)C23)c1. The average molecular weight is 401 g/mol. The van der Waals surface area contributed by atoms with Gasteiger partial charge >= 0.3 is 0 Å². The summed E-state index contributed by atoms with van der Waals surface area (Å²) in [5.74, 6) is -0.683. The van der Waals surface area contributed by atoms with E-state index in [1.807, 2.05) is 0 Å². The molecule has 2 amide bonds. The van der Waals surface area contributed by atoms with Gasteiger partial charge in [0.25, 0.3) is 5.91 Å². The number of nitrogens with zero attached hydrogens (tertiary/aromatic N) is 2. The molecule has 0 spiro atoms. The second-order valence-electron chi connectivity index (χ2n) is 6.44. The molecule has 144 valence electrons. The number of hydrogen-bond donors (Lipinski definition) is 0. The maximum atomic E-state index is 13.2. The molecule has 4 rings (SSSR count). The van der Waals surface area contributed by atoms with Crippen LogP contribution < -0.4 is 14.4 Å². The van der Waals surface area contributed by atoms with Crippen molar-refractivity contribution in [1.82, 2.24) is 0 Å². The zero-order valence-corrected chi connectivity index (χ0v) is 16.2. The Morgan fingerprint density at radius 2 is 1.89 bits per heavy atom. The van der Waals surface area contributed by atoms with Gasteiger partial charge in [0.05, 0.1) is 19.9 Å². The number of hydrogen-bond acceptors (Lipinski definition) is 6. The molecule has 8 heteroatoms. The Labute approximate surface area is 166 Å². The number of imide groups is 1. The monoisotopic (exact) mass is 400 g/mol. The van der Waals surface area contributed by atoms with E-state index < -0.39 is 23.8 Å². The van der Waals surface area contributed by atoms with E-state index in [1.54, 1.807) is 43.3 Å². The number of oxime groups is 1. The number of anilines is 1. The van der Waals surface area contributed by atoms with E-state index in [2.05, 4.69) is 5.16 Å². The molecule has 0 bridgehead atoms. The highest BCUT2D eigenvalue weighted by Crippen LogP contribution is 2.39. The maximum Gasteiger partial charge on any atom is 0.278 e. The fourth-order valence-electron chi connectivity index (χ4n) is 3.49. The van der Waals surface area contributed by atoms with Gasteiger partial charge in [-0.25, -0.2) is 4.90 Å². The van der Waals surface area contributed by atoms with Crippen LogP contribution in [0.1, 0.15) is 11.1 Å². The number of ether oxygens (including phenoxy) is 2. The van der Waals surface area contributed by atoms with Crippen molar-refractivity contribution < 1.29 is 23.9 Å². The zero-order chi connectivity index (χ0) is 20.0. The highest BCUT2D eigenvalue weighted by Gasteiger charge is 2.56. The summed E-state index contributed by atoms with van der Waals surface area (Å²) in [5.41, 5.74) is 1.96. The molecule has 7 nitrogen and oxygen atoms in total. The molecule has 0 N–H and O–H groups in total. The summed E-state index contributed by atoms with van der Waals surface area (Å²) in [6.45, 7) is 1.76. The van der Waals surface area contributed by atoms with E-state index >= 15 is 0 Å². The summed E-state index contributed by atoms with van der Waals surface area (Å²) in [5, 5.41) is 4.50. The highest BCUT2D eigenvalue weighted by molar-refractivity contribution is 6.35. The molecule has 1 fully saturated rings. The molecule has 2 unspecified atom stereocenters. The lowest BCUT2D eigenvalue weighted by atomic mass is 9.93. The van der Waals surface area contributed by atoms with Crippen molar-refractivity contribution in [2.45, 2.75) is 13.0 Å². The molecule has 2 aromatic carbocycles. The molecule has 28 heavy (non-hydrogen) atoms. The predicted molar refractivity (Wildman–Crippen MR) is 103 cm³/mol. The highest BCUT2D eigenvalue weighted by atomic mass is 35.5. The van der Waals surface area contributed by atoms with E-state index in [1.165, 1.54) is 14.2 Å². The van der Waals surface area contributed by atoms with Gasteiger partial charge in [0.15, 0.2) is 0 Å². The first kappa shape index (κ1) is 18.3. The molecule has 0 radical (unpaired) electrons. The van der Waals surface area contributed by atoms with Gasteiger partial charge in [-0.15, -0.1) is 0 Å². The van der Waals surface area contributed by atoms with Gasteiger partial charge in [-0.1, -0.05) is 22.8 Å². The number of rotatable bonds is 4. The Morgan fingerprint density at radius 1 is 1.11 bits per heavy atom. The first-order valence-electron chi connectivity index (χ1n) is 8.57. The summed E-state index contributed by atoms with van der Waals surface area (Å²) in [7, 11) is 3.05. The number of halogens is 1. The van der Waals surface area contributed by atoms with E-state index in [0.29, 0.717) is 39.0 Å². The van der Waals surface area contributed by atoms with Gasteiger partial charge in [0.2, 0.25) is 12.0 Å². The number of benzene rings is 2. The van der Waals surface area contributed by atoms with Crippen LogP contribution in [0.15, 0.2) is 41.6 Å². The molecule has 2 aliphatic rings. The minimum atomic E-state index is -1.02. The topological polar surface area (TPSA) is 77.4 Å². The number of amides is 2. The first-order valence-corrected chi connectivity index (χ1v) is 8.94. The third-order valence-corrected chi connectivity index (χ3v) is 5.38. The van der Waals surface area contributed by atoms with Crippen molar-refractivity contribution in [1.29, 1.82) is 0 Å². The minimum Gasteiger partial charge on any atom is -0.497 e. The lowest BCUT2D eigenvalue weighted by Gasteiger charge is -2.18. The van der Waals surface area contributed by atoms with Crippen molar-refractivity contribution in [3.05, 3.63) is 52.5 Å². The lowest BCUT2D eigenvalue weighted by Crippen LogP contribution is -2.33. The Hall–Kier alpha value is -3.06. The van der Waals surface area contributed by atoms with Gasteiger partial charge < -0.3 is 14.3 Å². The molecule has 2 aliphatic heterocycles. The molecule has 2 heterocycles. The molecule has 2 aromatic rings. The second kappa shape index (κ2) is 6.83. The van der Waals surface area contributed by atoms with Crippen LogP contribution in [-0.2, 0) is 14.4 Å². The first-order chi connectivity index (χ1) is 13.5. The fourth-order valence-corrected chi connectivity index (χ4v) is 3.66. The second-order valence-corrected chi connectivity index (χ2v) is 6.85. The molecule has 0 saturated carbocycles. The van der Waals surface area contributed by atoms with Crippen LogP contribution in [0.25, 0.3) is 0 Å². The Balaban J connectivity index is 1.77. The maximum absolute atomic E-state index is 13.2. The largest absolute Gasteiger partial charge is 0.497 e. The van der Waals surface area contributed by atoms with Crippen LogP contribution >= 0.6 is 11.6 Å². The Kier molecular flexibility index (Phi) is 4.47. The molecule has 2 atom stereocenters. The molecule has 0 aromatic heterocycles. The van der Waals surface area contributed by atoms with Crippen LogP contribution in [0.2, 0.25) is 5.02 Å². The summed E-state index contributed by atoms with van der Waals surface area (Å²) < 4.78 is 10.7. The van der Waals surface area contributed by atoms with Gasteiger partial charge in [0, 0.05) is 10.6 Å². The van der Waals surface area contributed by atoms with E-state index in [0.717, 1.165) is 4.90 Å². The number of carbonyl (C=O) groups excluding carboxylic acids is 2. The summed E-state index contributed by atoms with van der Waals surface area (Å²) >= 11 is 6.17. The van der Waals surface area contributed by atoms with E-state index in [-0.39, 0.29) is 0 Å². The molecular formula is C20H17ClN2O5. The Morgan fingerprint density at radius 3 is 2.61 bits per heavy atom. The smallest absolute Gasteiger partial charge is 0.278 e. The van der Waals surface area contributed by atoms with Crippen molar-refractivity contribution >= 4 is 34.8 Å². The summed E-state index contributed by atoms with van der Waals surface area (Å²) in [6, 6.07) is 10.2. The van der Waals surface area contributed by atoms with Crippen LogP contribution in [0.4, 0.5) is 5.69 Å². The minimum absolute atomic E-state index is 0.335. The van der Waals surface area contributed by atoms with Crippen LogP contribution in [0.5, 0.6) is 11.5 Å². The van der Waals surface area contributed by atoms with E-state index in [9.17, 15) is 9.59 Å².